The van der Waals surface area contributed by atoms with E-state index in [1.807, 2.05) is 71.7 Å². The second-order valence-electron chi connectivity index (χ2n) is 9.46. The zero-order valence-corrected chi connectivity index (χ0v) is 21.4. The van der Waals surface area contributed by atoms with Gasteiger partial charge in [0.25, 0.3) is 0 Å². The predicted octanol–water partition coefficient (Wildman–Crippen LogP) is 6.63. The van der Waals surface area contributed by atoms with Crippen LogP contribution in [0.25, 0.3) is 5.00 Å². The molecule has 2 aromatic heterocycles. The van der Waals surface area contributed by atoms with Gasteiger partial charge in [-0.25, -0.2) is 4.79 Å². The molecule has 4 aromatic rings. The fourth-order valence-corrected chi connectivity index (χ4v) is 6.83. The summed E-state index contributed by atoms with van der Waals surface area (Å²) in [6.45, 7) is 4.58. The molecule has 2 aliphatic rings. The molecule has 0 saturated heterocycles. The van der Waals surface area contributed by atoms with Crippen LogP contribution in [0.5, 0.6) is 0 Å². The molecule has 4 heterocycles. The highest BCUT2D eigenvalue weighted by atomic mass is 35.5. The van der Waals surface area contributed by atoms with Crippen LogP contribution < -0.4 is 5.32 Å². The maximum absolute atomic E-state index is 13.9. The fourth-order valence-electron chi connectivity index (χ4n) is 5.27. The highest BCUT2D eigenvalue weighted by Crippen LogP contribution is 2.43. The van der Waals surface area contributed by atoms with Gasteiger partial charge in [0.05, 0.1) is 18.3 Å². The average molecular weight is 503 g/mol. The number of aromatic nitrogens is 1. The average Bonchev–Trinajstić information content (AvgIpc) is 3.41. The standard InChI is InChI=1S/C28H27ClN4OS/c1-18-5-3-6-21(15-18)30-28(34)33-16-23-22-12-14-31(2)17-25(22)35-27(23)32-13-4-7-24(32)26(33)19-8-10-20(29)11-9-19/h3-11,13,15,26H,12,14,16-17H2,1-2H3,(H,30,34). The van der Waals surface area contributed by atoms with Crippen molar-refractivity contribution in [1.29, 1.82) is 0 Å². The fraction of sp³-hybridized carbons (Fsp3) is 0.250. The highest BCUT2D eigenvalue weighted by Gasteiger charge is 2.36. The van der Waals surface area contributed by atoms with Gasteiger partial charge in [0, 0.05) is 40.4 Å². The van der Waals surface area contributed by atoms with Gasteiger partial charge in [0.1, 0.15) is 5.00 Å². The molecule has 2 amide bonds. The molecule has 2 aliphatic heterocycles. The third kappa shape index (κ3) is 4.05. The number of nitrogens with one attached hydrogen (secondary N) is 1. The predicted molar refractivity (Wildman–Crippen MR) is 143 cm³/mol. The van der Waals surface area contributed by atoms with E-state index in [0.717, 1.165) is 42.0 Å². The topological polar surface area (TPSA) is 40.5 Å². The molecule has 1 unspecified atom stereocenters. The van der Waals surface area contributed by atoms with Crippen LogP contribution >= 0.6 is 22.9 Å². The molecule has 0 aliphatic carbocycles. The minimum absolute atomic E-state index is 0.107. The maximum Gasteiger partial charge on any atom is 0.322 e. The minimum atomic E-state index is -0.242. The Hall–Kier alpha value is -3.06. The third-order valence-electron chi connectivity index (χ3n) is 6.97. The lowest BCUT2D eigenvalue weighted by molar-refractivity contribution is 0.194. The molecule has 5 nitrogen and oxygen atoms in total. The zero-order valence-electron chi connectivity index (χ0n) is 19.8. The molecular formula is C28H27ClN4OS. The number of fused-ring (bicyclic) bond motifs is 5. The van der Waals surface area contributed by atoms with Gasteiger partial charge < -0.3 is 19.7 Å². The largest absolute Gasteiger partial charge is 0.322 e. The van der Waals surface area contributed by atoms with E-state index in [2.05, 4.69) is 40.2 Å². The Balaban J connectivity index is 1.49. The molecule has 0 saturated carbocycles. The number of hydrogen-bond donors (Lipinski definition) is 1. The van der Waals surface area contributed by atoms with Crippen molar-refractivity contribution in [2.45, 2.75) is 32.5 Å². The number of amides is 2. The summed E-state index contributed by atoms with van der Waals surface area (Å²) >= 11 is 8.09. The van der Waals surface area contributed by atoms with Crippen molar-refractivity contribution in [1.82, 2.24) is 14.4 Å². The summed E-state index contributed by atoms with van der Waals surface area (Å²) in [5.74, 6) is 0. The molecule has 0 bridgehead atoms. The summed E-state index contributed by atoms with van der Waals surface area (Å²) in [4.78, 5) is 19.7. The van der Waals surface area contributed by atoms with Gasteiger partial charge in [-0.3, -0.25) is 0 Å². The summed E-state index contributed by atoms with van der Waals surface area (Å²) in [6.07, 6.45) is 3.14. The number of rotatable bonds is 2. The molecule has 7 heteroatoms. The molecule has 35 heavy (non-hydrogen) atoms. The summed E-state index contributed by atoms with van der Waals surface area (Å²) in [5, 5.41) is 5.09. The number of aryl methyl sites for hydroxylation is 1. The molecule has 0 fully saturated rings. The molecular weight excluding hydrogens is 476 g/mol. The van der Waals surface area contributed by atoms with Crippen molar-refractivity contribution in [2.75, 3.05) is 18.9 Å². The van der Waals surface area contributed by atoms with Gasteiger partial charge in [-0.05, 0) is 73.5 Å². The lowest BCUT2D eigenvalue weighted by Crippen LogP contribution is -2.38. The Bertz CT molecular complexity index is 1410. The molecule has 1 N–H and O–H groups in total. The van der Waals surface area contributed by atoms with Crippen LogP contribution in [0.1, 0.15) is 38.9 Å². The van der Waals surface area contributed by atoms with Gasteiger partial charge in [0.2, 0.25) is 0 Å². The molecule has 178 valence electrons. The number of benzene rings is 2. The van der Waals surface area contributed by atoms with E-state index in [-0.39, 0.29) is 12.1 Å². The van der Waals surface area contributed by atoms with E-state index in [1.165, 1.54) is 21.0 Å². The van der Waals surface area contributed by atoms with Gasteiger partial charge in [-0.1, -0.05) is 35.9 Å². The first kappa shape index (κ1) is 22.4. The first-order valence-electron chi connectivity index (χ1n) is 11.9. The van der Waals surface area contributed by atoms with E-state index >= 15 is 0 Å². The monoisotopic (exact) mass is 502 g/mol. The Morgan fingerprint density at radius 3 is 2.69 bits per heavy atom. The Kier molecular flexibility index (Phi) is 5.67. The Morgan fingerprint density at radius 2 is 1.89 bits per heavy atom. The quantitative estimate of drug-likeness (QED) is 0.334. The summed E-state index contributed by atoms with van der Waals surface area (Å²) in [7, 11) is 2.17. The van der Waals surface area contributed by atoms with E-state index in [0.29, 0.717) is 11.6 Å². The van der Waals surface area contributed by atoms with Crippen molar-refractivity contribution in [3.8, 4) is 5.00 Å². The number of carbonyl (C=O) groups excluding carboxylic acids is 1. The number of carbonyl (C=O) groups is 1. The SMILES string of the molecule is Cc1cccc(NC(=O)N2Cc3c(sc4c3CCN(C)C4)-n3cccc3C2c2ccc(Cl)cc2)c1. The summed E-state index contributed by atoms with van der Waals surface area (Å²) < 4.78 is 2.29. The highest BCUT2D eigenvalue weighted by molar-refractivity contribution is 7.15. The van der Waals surface area contributed by atoms with E-state index in [9.17, 15) is 4.79 Å². The number of likely N-dealkylation sites (N-methyl/N-ethyl adjacent to an activating group) is 1. The Morgan fingerprint density at radius 1 is 1.06 bits per heavy atom. The zero-order chi connectivity index (χ0) is 24.1. The van der Waals surface area contributed by atoms with Crippen LogP contribution in [-0.4, -0.2) is 34.0 Å². The van der Waals surface area contributed by atoms with Gasteiger partial charge in [-0.15, -0.1) is 11.3 Å². The lowest BCUT2D eigenvalue weighted by atomic mass is 10.0. The van der Waals surface area contributed by atoms with Crippen LogP contribution in [0.15, 0.2) is 66.9 Å². The van der Waals surface area contributed by atoms with Crippen molar-refractivity contribution in [2.24, 2.45) is 0 Å². The summed E-state index contributed by atoms with van der Waals surface area (Å²) in [5.41, 5.74) is 6.72. The first-order chi connectivity index (χ1) is 17.0. The van der Waals surface area contributed by atoms with Crippen LogP contribution in [0.3, 0.4) is 0 Å². The minimum Gasteiger partial charge on any atom is -0.310 e. The maximum atomic E-state index is 13.9. The number of hydrogen-bond acceptors (Lipinski definition) is 3. The summed E-state index contributed by atoms with van der Waals surface area (Å²) in [6, 6.07) is 19.7. The van der Waals surface area contributed by atoms with Gasteiger partial charge in [-0.2, -0.15) is 0 Å². The smallest absolute Gasteiger partial charge is 0.310 e. The van der Waals surface area contributed by atoms with Crippen molar-refractivity contribution < 1.29 is 4.79 Å². The van der Waals surface area contributed by atoms with Crippen LogP contribution in [0.4, 0.5) is 10.5 Å². The van der Waals surface area contributed by atoms with Crippen LogP contribution in [0.2, 0.25) is 5.02 Å². The number of thiophene rings is 1. The van der Waals surface area contributed by atoms with E-state index in [1.54, 1.807) is 0 Å². The molecule has 6 rings (SSSR count). The second kappa shape index (κ2) is 8.86. The van der Waals surface area contributed by atoms with Gasteiger partial charge >= 0.3 is 6.03 Å². The first-order valence-corrected chi connectivity index (χ1v) is 13.1. The molecule has 2 aromatic carbocycles. The third-order valence-corrected chi connectivity index (χ3v) is 8.48. The Labute approximate surface area is 214 Å². The van der Waals surface area contributed by atoms with Crippen molar-refractivity contribution in [3.05, 3.63) is 105 Å². The lowest BCUT2D eigenvalue weighted by Gasteiger charge is -2.32. The van der Waals surface area contributed by atoms with Crippen molar-refractivity contribution in [3.63, 3.8) is 0 Å². The molecule has 1 atom stereocenters. The normalized spacial score (nSPS) is 17.3. The van der Waals surface area contributed by atoms with Gasteiger partial charge in [0.15, 0.2) is 0 Å². The van der Waals surface area contributed by atoms with E-state index < -0.39 is 0 Å². The number of halogens is 1. The number of urea groups is 1. The van der Waals surface area contributed by atoms with Crippen LogP contribution in [-0.2, 0) is 19.5 Å². The number of nitrogens with zero attached hydrogens (tertiary/aromatic N) is 3. The molecule has 0 radical (unpaired) electrons. The second-order valence-corrected chi connectivity index (χ2v) is 11.0. The van der Waals surface area contributed by atoms with Crippen LogP contribution in [0, 0.1) is 6.92 Å². The van der Waals surface area contributed by atoms with Crippen molar-refractivity contribution >= 4 is 34.7 Å². The number of anilines is 1. The van der Waals surface area contributed by atoms with E-state index in [4.69, 9.17) is 11.6 Å². The molecule has 0 spiro atoms.